The molecule has 0 saturated heterocycles. The van der Waals surface area contributed by atoms with Gasteiger partial charge in [-0.25, -0.2) is 0 Å². The molecule has 0 aliphatic rings. The summed E-state index contributed by atoms with van der Waals surface area (Å²) in [5.74, 6) is 0.255. The molecule has 0 aliphatic heterocycles. The summed E-state index contributed by atoms with van der Waals surface area (Å²) in [7, 11) is 0. The zero-order valence-electron chi connectivity index (χ0n) is 7.07. The number of hydrogen-bond acceptors (Lipinski definition) is 3. The number of halogens is 1. The van der Waals surface area contributed by atoms with Crippen molar-refractivity contribution in [2.45, 2.75) is 0 Å². The van der Waals surface area contributed by atoms with Gasteiger partial charge in [0.05, 0.1) is 9.78 Å². The summed E-state index contributed by atoms with van der Waals surface area (Å²) < 4.78 is 0.766. The number of nitrogens with two attached hydrogens (primary N) is 1. The molecule has 4 N–H and O–H groups in total. The minimum Gasteiger partial charge on any atom is -0.507 e. The Morgan fingerprint density at radius 3 is 2.93 bits per heavy atom. The molecule has 0 heterocycles. The van der Waals surface area contributed by atoms with Gasteiger partial charge < -0.3 is 10.8 Å². The fourth-order valence-electron chi connectivity index (χ4n) is 0.774. The van der Waals surface area contributed by atoms with E-state index in [0.717, 1.165) is 9.13 Å². The minimum atomic E-state index is 0.120. The number of aromatic hydroxyl groups is 1. The van der Waals surface area contributed by atoms with Crippen LogP contribution in [0.4, 0.5) is 0 Å². The van der Waals surface area contributed by atoms with Gasteiger partial charge in [0.1, 0.15) is 5.75 Å². The van der Waals surface area contributed by atoms with E-state index in [2.05, 4.69) is 22.7 Å². The first kappa shape index (κ1) is 11.2. The Bertz CT molecular complexity index is 381. The third kappa shape index (κ3) is 3.46. The molecular formula is C8H8IN3OS. The van der Waals surface area contributed by atoms with Crippen LogP contribution < -0.4 is 11.2 Å². The van der Waals surface area contributed by atoms with Gasteiger partial charge in [0, 0.05) is 0 Å². The lowest BCUT2D eigenvalue weighted by Gasteiger charge is -1.98. The van der Waals surface area contributed by atoms with Crippen molar-refractivity contribution in [1.29, 1.82) is 0 Å². The van der Waals surface area contributed by atoms with Crippen molar-refractivity contribution in [2.75, 3.05) is 0 Å². The molecular weight excluding hydrogens is 313 g/mol. The van der Waals surface area contributed by atoms with Gasteiger partial charge in [-0.15, -0.1) is 0 Å². The molecule has 0 aliphatic carbocycles. The number of phenolic OH excluding ortho intramolecular Hbond substituents is 1. The van der Waals surface area contributed by atoms with Gasteiger partial charge in [0.25, 0.3) is 0 Å². The molecule has 6 heteroatoms. The summed E-state index contributed by atoms with van der Waals surface area (Å²) in [4.78, 5) is 0. The van der Waals surface area contributed by atoms with Crippen LogP contribution in [0.2, 0.25) is 0 Å². The van der Waals surface area contributed by atoms with E-state index in [-0.39, 0.29) is 10.9 Å². The largest absolute Gasteiger partial charge is 0.507 e. The van der Waals surface area contributed by atoms with Gasteiger partial charge in [-0.1, -0.05) is 0 Å². The SMILES string of the molecule is NC(=S)N/N=C/c1ccc(O)c(I)c1. The van der Waals surface area contributed by atoms with Crippen LogP contribution >= 0.6 is 34.8 Å². The molecule has 14 heavy (non-hydrogen) atoms. The van der Waals surface area contributed by atoms with Gasteiger partial charge in [0.2, 0.25) is 0 Å². The van der Waals surface area contributed by atoms with E-state index in [1.807, 2.05) is 22.6 Å². The highest BCUT2D eigenvalue weighted by molar-refractivity contribution is 14.1. The Labute approximate surface area is 100 Å². The average Bonchev–Trinajstić information content (AvgIpc) is 2.10. The Morgan fingerprint density at radius 2 is 2.36 bits per heavy atom. The van der Waals surface area contributed by atoms with Crippen molar-refractivity contribution in [1.82, 2.24) is 5.43 Å². The maximum absolute atomic E-state index is 9.25. The Balaban J connectivity index is 2.73. The van der Waals surface area contributed by atoms with Gasteiger partial charge in [-0.05, 0) is 58.6 Å². The third-order valence-corrected chi connectivity index (χ3v) is 2.32. The van der Waals surface area contributed by atoms with Crippen LogP contribution in [-0.2, 0) is 0 Å². The van der Waals surface area contributed by atoms with E-state index in [9.17, 15) is 5.11 Å². The normalized spacial score (nSPS) is 10.4. The van der Waals surface area contributed by atoms with Crippen molar-refractivity contribution in [3.05, 3.63) is 27.3 Å². The molecule has 0 fully saturated rings. The molecule has 0 radical (unpaired) electrons. The number of phenols is 1. The van der Waals surface area contributed by atoms with Crippen LogP contribution in [0.5, 0.6) is 5.75 Å². The van der Waals surface area contributed by atoms with Crippen LogP contribution in [0.3, 0.4) is 0 Å². The van der Waals surface area contributed by atoms with E-state index >= 15 is 0 Å². The molecule has 1 aromatic carbocycles. The quantitative estimate of drug-likeness (QED) is 0.331. The predicted octanol–water partition coefficient (Wildman–Crippen LogP) is 1.16. The second-order valence-electron chi connectivity index (χ2n) is 2.45. The van der Waals surface area contributed by atoms with E-state index in [0.29, 0.717) is 0 Å². The summed E-state index contributed by atoms with van der Waals surface area (Å²) in [5, 5.41) is 13.2. The highest BCUT2D eigenvalue weighted by Crippen LogP contribution is 2.19. The number of thiocarbonyl (C=S) groups is 1. The Kier molecular flexibility index (Phi) is 4.08. The monoisotopic (exact) mass is 321 g/mol. The molecule has 1 aromatic rings. The zero-order valence-corrected chi connectivity index (χ0v) is 10.0. The van der Waals surface area contributed by atoms with Crippen LogP contribution in [0.25, 0.3) is 0 Å². The van der Waals surface area contributed by atoms with E-state index < -0.39 is 0 Å². The maximum Gasteiger partial charge on any atom is 0.184 e. The highest BCUT2D eigenvalue weighted by Gasteiger charge is 1.96. The molecule has 0 amide bonds. The van der Waals surface area contributed by atoms with Crippen LogP contribution in [0.15, 0.2) is 23.3 Å². The van der Waals surface area contributed by atoms with Crippen LogP contribution in [0, 0.1) is 3.57 Å². The predicted molar refractivity (Wildman–Crippen MR) is 68.3 cm³/mol. The molecule has 0 saturated carbocycles. The number of nitrogens with one attached hydrogen (secondary N) is 1. The summed E-state index contributed by atoms with van der Waals surface area (Å²) in [6, 6.07) is 5.13. The van der Waals surface area contributed by atoms with E-state index in [1.165, 1.54) is 0 Å². The Morgan fingerprint density at radius 1 is 1.64 bits per heavy atom. The first-order valence-electron chi connectivity index (χ1n) is 3.66. The lowest BCUT2D eigenvalue weighted by atomic mass is 10.2. The fraction of sp³-hybridized carbons (Fsp3) is 0. The summed E-state index contributed by atoms with van der Waals surface area (Å²) >= 11 is 6.60. The Hall–Kier alpha value is -0.890. The topological polar surface area (TPSA) is 70.6 Å². The number of rotatable bonds is 2. The maximum atomic E-state index is 9.25. The van der Waals surface area contributed by atoms with Crippen molar-refractivity contribution in [3.63, 3.8) is 0 Å². The van der Waals surface area contributed by atoms with Crippen molar-refractivity contribution >= 4 is 46.1 Å². The third-order valence-electron chi connectivity index (χ3n) is 1.36. The minimum absolute atomic E-state index is 0.120. The second-order valence-corrected chi connectivity index (χ2v) is 4.05. The molecule has 0 spiro atoms. The summed E-state index contributed by atoms with van der Waals surface area (Å²) in [5.41, 5.74) is 8.47. The van der Waals surface area contributed by atoms with Crippen molar-refractivity contribution < 1.29 is 5.11 Å². The lowest BCUT2D eigenvalue weighted by molar-refractivity contribution is 0.471. The van der Waals surface area contributed by atoms with Gasteiger partial charge in [-0.3, -0.25) is 5.43 Å². The standard InChI is InChI=1S/C8H8IN3OS/c9-6-3-5(1-2-7(6)13)4-11-12-8(10)14/h1-4,13H,(H3,10,12,14)/b11-4+. The number of hydrazone groups is 1. The fourth-order valence-corrected chi connectivity index (χ4v) is 1.37. The molecule has 0 unspecified atom stereocenters. The van der Waals surface area contributed by atoms with Crippen LogP contribution in [0.1, 0.15) is 5.56 Å². The average molecular weight is 321 g/mol. The summed E-state index contributed by atoms with van der Waals surface area (Å²) in [6.07, 6.45) is 1.57. The highest BCUT2D eigenvalue weighted by atomic mass is 127. The number of nitrogens with zero attached hydrogens (tertiary/aromatic N) is 1. The van der Waals surface area contributed by atoms with E-state index in [4.69, 9.17) is 5.73 Å². The first-order chi connectivity index (χ1) is 6.59. The first-order valence-corrected chi connectivity index (χ1v) is 5.15. The van der Waals surface area contributed by atoms with Gasteiger partial charge >= 0.3 is 0 Å². The molecule has 0 aromatic heterocycles. The smallest absolute Gasteiger partial charge is 0.184 e. The summed E-state index contributed by atoms with van der Waals surface area (Å²) in [6.45, 7) is 0. The molecule has 0 atom stereocenters. The lowest BCUT2D eigenvalue weighted by Crippen LogP contribution is -2.23. The number of hydrogen-bond donors (Lipinski definition) is 3. The second kappa shape index (κ2) is 5.11. The van der Waals surface area contributed by atoms with Gasteiger partial charge in [0.15, 0.2) is 5.11 Å². The molecule has 74 valence electrons. The van der Waals surface area contributed by atoms with Gasteiger partial charge in [-0.2, -0.15) is 5.10 Å². The molecule has 4 nitrogen and oxygen atoms in total. The molecule has 0 bridgehead atoms. The van der Waals surface area contributed by atoms with Crippen LogP contribution in [-0.4, -0.2) is 16.4 Å². The van der Waals surface area contributed by atoms with Crippen molar-refractivity contribution in [2.24, 2.45) is 10.8 Å². The number of benzene rings is 1. The van der Waals surface area contributed by atoms with E-state index in [1.54, 1.807) is 24.4 Å². The van der Waals surface area contributed by atoms with Crippen molar-refractivity contribution in [3.8, 4) is 5.75 Å². The molecule has 1 rings (SSSR count). The zero-order chi connectivity index (χ0) is 10.6.